The molecule has 1 aromatic carbocycles. The Morgan fingerprint density at radius 1 is 1.12 bits per heavy atom. The van der Waals surface area contributed by atoms with Crippen molar-refractivity contribution in [3.8, 4) is 0 Å². The number of anilines is 1. The number of pyridine rings is 1. The number of carbonyl (C=O) groups excluding carboxylic acids is 1. The number of rotatable bonds is 7. The zero-order valence-corrected chi connectivity index (χ0v) is 20.8. The summed E-state index contributed by atoms with van der Waals surface area (Å²) in [6.45, 7) is 6.58. The molecule has 0 saturated carbocycles. The first-order valence-corrected chi connectivity index (χ1v) is 12.6. The second kappa shape index (κ2) is 10.4. The minimum atomic E-state index is -0.125. The van der Waals surface area contributed by atoms with Gasteiger partial charge >= 0.3 is 0 Å². The Kier molecular flexibility index (Phi) is 7.53. The van der Waals surface area contributed by atoms with E-state index in [4.69, 9.17) is 12.2 Å². The number of carbonyl (C=O) groups is 1. The van der Waals surface area contributed by atoms with Gasteiger partial charge in [0.1, 0.15) is 4.32 Å². The number of thiocarbonyl (C=S) groups is 1. The second-order valence-electron chi connectivity index (χ2n) is 8.38. The van der Waals surface area contributed by atoms with Crippen LogP contribution in [0.2, 0.25) is 0 Å². The maximum atomic E-state index is 13.5. The largest absolute Gasteiger partial charge is 0.395 e. The first-order valence-electron chi connectivity index (χ1n) is 11.4. The average molecular weight is 487 g/mol. The summed E-state index contributed by atoms with van der Waals surface area (Å²) >= 11 is 6.74. The highest BCUT2D eigenvalue weighted by molar-refractivity contribution is 8.26. The standard InChI is InChI=1S/C24H30N4O3S2/c1-3-4-9-28-23(31)20(33-24(28)32)16-18-21(27-12-10-26(11-13-27)14-15-29)17-7-5-6-8-19(17)25(2)22(18)30/h5-8,16,29H,3-4,9-15H2,1-2H3. The van der Waals surface area contributed by atoms with E-state index in [1.165, 1.54) is 11.8 Å². The highest BCUT2D eigenvalue weighted by Gasteiger charge is 2.32. The fourth-order valence-corrected chi connectivity index (χ4v) is 5.74. The van der Waals surface area contributed by atoms with Gasteiger partial charge < -0.3 is 14.6 Å². The maximum absolute atomic E-state index is 13.5. The predicted molar refractivity (Wildman–Crippen MR) is 140 cm³/mol. The molecule has 2 saturated heterocycles. The van der Waals surface area contributed by atoms with Gasteiger partial charge in [-0.05, 0) is 18.6 Å². The number of aliphatic hydroxyl groups excluding tert-OH is 1. The van der Waals surface area contributed by atoms with E-state index in [0.717, 1.165) is 55.6 Å². The molecular weight excluding hydrogens is 456 g/mol. The molecule has 0 bridgehead atoms. The van der Waals surface area contributed by atoms with Crippen LogP contribution in [0.5, 0.6) is 0 Å². The summed E-state index contributed by atoms with van der Waals surface area (Å²) in [7, 11) is 1.78. The van der Waals surface area contributed by atoms with Gasteiger partial charge in [-0.25, -0.2) is 0 Å². The number of piperazine rings is 1. The van der Waals surface area contributed by atoms with Crippen LogP contribution in [-0.2, 0) is 11.8 Å². The van der Waals surface area contributed by atoms with Crippen molar-refractivity contribution in [2.45, 2.75) is 19.8 Å². The number of fused-ring (bicyclic) bond motifs is 1. The van der Waals surface area contributed by atoms with Crippen molar-refractivity contribution in [2.24, 2.45) is 7.05 Å². The smallest absolute Gasteiger partial charge is 0.266 e. The predicted octanol–water partition coefficient (Wildman–Crippen LogP) is 2.65. The van der Waals surface area contributed by atoms with Crippen LogP contribution in [0.15, 0.2) is 34.0 Å². The van der Waals surface area contributed by atoms with Crippen molar-refractivity contribution in [2.75, 3.05) is 50.8 Å². The van der Waals surface area contributed by atoms with Gasteiger partial charge in [0.15, 0.2) is 0 Å². The van der Waals surface area contributed by atoms with Gasteiger partial charge in [0.2, 0.25) is 0 Å². The first-order chi connectivity index (χ1) is 16.0. The molecule has 9 heteroatoms. The number of aromatic nitrogens is 1. The molecule has 0 atom stereocenters. The molecule has 0 unspecified atom stereocenters. The van der Waals surface area contributed by atoms with Gasteiger partial charge in [0.25, 0.3) is 11.5 Å². The number of benzene rings is 1. The van der Waals surface area contributed by atoms with Gasteiger partial charge in [0.05, 0.1) is 28.3 Å². The summed E-state index contributed by atoms with van der Waals surface area (Å²) < 4.78 is 2.21. The lowest BCUT2D eigenvalue weighted by Crippen LogP contribution is -2.48. The molecule has 2 aliphatic heterocycles. The number of amides is 1. The molecule has 33 heavy (non-hydrogen) atoms. The van der Waals surface area contributed by atoms with Crippen LogP contribution >= 0.6 is 24.0 Å². The molecular formula is C24H30N4O3S2. The zero-order chi connectivity index (χ0) is 23.5. The number of aryl methyl sites for hydroxylation is 1. The Bertz CT molecular complexity index is 1150. The van der Waals surface area contributed by atoms with Crippen LogP contribution in [0.1, 0.15) is 25.3 Å². The SMILES string of the molecule is CCCCN1C(=O)C(=Cc2c(N3CCN(CCO)CC3)c3ccccc3n(C)c2=O)SC1=S. The second-order valence-corrected chi connectivity index (χ2v) is 10.1. The number of unbranched alkanes of at least 4 members (excludes halogenated alkanes) is 1. The van der Waals surface area contributed by atoms with Crippen molar-refractivity contribution >= 4 is 56.9 Å². The van der Waals surface area contributed by atoms with Crippen molar-refractivity contribution in [1.82, 2.24) is 14.4 Å². The van der Waals surface area contributed by atoms with Gasteiger partial charge in [-0.15, -0.1) is 0 Å². The lowest BCUT2D eigenvalue weighted by Gasteiger charge is -2.37. The normalized spacial score (nSPS) is 18.8. The van der Waals surface area contributed by atoms with Crippen molar-refractivity contribution in [3.05, 3.63) is 45.1 Å². The highest BCUT2D eigenvalue weighted by atomic mass is 32.2. The first kappa shape index (κ1) is 23.9. The monoisotopic (exact) mass is 486 g/mol. The summed E-state index contributed by atoms with van der Waals surface area (Å²) in [4.78, 5) is 33.2. The number of hydrogen-bond acceptors (Lipinski definition) is 7. The number of hydrogen-bond donors (Lipinski definition) is 1. The molecule has 2 aliphatic rings. The molecule has 2 fully saturated rings. The lowest BCUT2D eigenvalue weighted by molar-refractivity contribution is -0.122. The molecule has 7 nitrogen and oxygen atoms in total. The molecule has 2 aromatic rings. The van der Waals surface area contributed by atoms with Gasteiger partial charge in [-0.1, -0.05) is 55.5 Å². The molecule has 1 amide bonds. The van der Waals surface area contributed by atoms with Crippen LogP contribution in [-0.4, -0.2) is 75.6 Å². The third kappa shape index (κ3) is 4.73. The van der Waals surface area contributed by atoms with Crippen molar-refractivity contribution in [3.63, 3.8) is 0 Å². The van der Waals surface area contributed by atoms with Gasteiger partial charge in [-0.3, -0.25) is 19.4 Å². The van der Waals surface area contributed by atoms with E-state index in [0.29, 0.717) is 27.9 Å². The third-order valence-electron chi connectivity index (χ3n) is 6.30. The number of β-amino-alcohol motifs (C(OH)–C–C–N with tert-alkyl or cyclic N) is 1. The molecule has 176 valence electrons. The Labute approximate surface area is 203 Å². The van der Waals surface area contributed by atoms with Gasteiger partial charge in [-0.2, -0.15) is 0 Å². The highest BCUT2D eigenvalue weighted by Crippen LogP contribution is 2.36. The Balaban J connectivity index is 1.80. The number of para-hydroxylation sites is 1. The molecule has 3 heterocycles. The third-order valence-corrected chi connectivity index (χ3v) is 7.68. The zero-order valence-electron chi connectivity index (χ0n) is 19.1. The summed E-state index contributed by atoms with van der Waals surface area (Å²) in [5.74, 6) is -0.118. The lowest BCUT2D eigenvalue weighted by atomic mass is 10.1. The summed E-state index contributed by atoms with van der Waals surface area (Å²) in [5.41, 5.74) is 2.14. The van der Waals surface area contributed by atoms with E-state index in [2.05, 4.69) is 16.7 Å². The number of thioether (sulfide) groups is 1. The maximum Gasteiger partial charge on any atom is 0.266 e. The summed E-state index contributed by atoms with van der Waals surface area (Å²) in [6, 6.07) is 7.90. The molecule has 4 rings (SSSR count). The van der Waals surface area contributed by atoms with Gasteiger partial charge in [0, 0.05) is 51.7 Å². The fourth-order valence-electron chi connectivity index (χ4n) is 4.45. The molecule has 0 radical (unpaired) electrons. The van der Waals surface area contributed by atoms with E-state index < -0.39 is 0 Å². The Morgan fingerprint density at radius 2 is 1.85 bits per heavy atom. The van der Waals surface area contributed by atoms with E-state index in [-0.39, 0.29) is 18.1 Å². The minimum absolute atomic E-state index is 0.118. The van der Waals surface area contributed by atoms with Crippen LogP contribution in [0, 0.1) is 0 Å². The number of aliphatic hydroxyl groups is 1. The van der Waals surface area contributed by atoms with Crippen LogP contribution in [0.3, 0.4) is 0 Å². The van der Waals surface area contributed by atoms with Crippen molar-refractivity contribution in [1.29, 1.82) is 0 Å². The summed E-state index contributed by atoms with van der Waals surface area (Å²) in [5, 5.41) is 10.3. The molecule has 0 aliphatic carbocycles. The number of nitrogens with zero attached hydrogens (tertiary/aromatic N) is 4. The van der Waals surface area contributed by atoms with Crippen molar-refractivity contribution < 1.29 is 9.90 Å². The molecule has 0 spiro atoms. The summed E-state index contributed by atoms with van der Waals surface area (Å²) in [6.07, 6.45) is 3.62. The molecule has 1 aromatic heterocycles. The van der Waals surface area contributed by atoms with E-state index in [1.54, 1.807) is 22.6 Å². The molecule has 1 N–H and O–H groups in total. The topological polar surface area (TPSA) is 69.0 Å². The van der Waals surface area contributed by atoms with Crippen LogP contribution < -0.4 is 10.5 Å². The van der Waals surface area contributed by atoms with E-state index in [9.17, 15) is 14.7 Å². The van der Waals surface area contributed by atoms with E-state index >= 15 is 0 Å². The Morgan fingerprint density at radius 3 is 2.55 bits per heavy atom. The van der Waals surface area contributed by atoms with Crippen LogP contribution in [0.25, 0.3) is 17.0 Å². The average Bonchev–Trinajstić information content (AvgIpc) is 3.09. The quantitative estimate of drug-likeness (QED) is 0.477. The minimum Gasteiger partial charge on any atom is -0.395 e. The fraction of sp³-hybridized carbons (Fsp3) is 0.458. The van der Waals surface area contributed by atoms with Crippen LogP contribution in [0.4, 0.5) is 5.69 Å². The van der Waals surface area contributed by atoms with E-state index in [1.807, 2.05) is 24.3 Å². The Hall–Kier alpha value is -2.20.